The Balaban J connectivity index is 2.58. The molecule has 106 valence electrons. The van der Waals surface area contributed by atoms with Crippen molar-refractivity contribution < 1.29 is 9.53 Å². The Morgan fingerprint density at radius 2 is 2.11 bits per heavy atom. The molecule has 19 heavy (non-hydrogen) atoms. The minimum Gasteiger partial charge on any atom is -0.444 e. The van der Waals surface area contributed by atoms with Crippen LogP contribution in [0, 0.1) is 6.92 Å². The van der Waals surface area contributed by atoms with E-state index in [1.54, 1.807) is 0 Å². The van der Waals surface area contributed by atoms with Crippen molar-refractivity contribution in [3.8, 4) is 0 Å². The van der Waals surface area contributed by atoms with E-state index in [9.17, 15) is 4.79 Å². The summed E-state index contributed by atoms with van der Waals surface area (Å²) < 4.78 is 6.14. The average Bonchev–Trinajstić information content (AvgIpc) is 2.27. The van der Waals surface area contributed by atoms with Gasteiger partial charge in [-0.1, -0.05) is 22.0 Å². The smallest absolute Gasteiger partial charge is 0.407 e. The summed E-state index contributed by atoms with van der Waals surface area (Å²) in [6.07, 6.45) is -0.449. The number of benzene rings is 1. The van der Waals surface area contributed by atoms with Crippen molar-refractivity contribution in [2.45, 2.75) is 39.3 Å². The lowest BCUT2D eigenvalue weighted by Crippen LogP contribution is -2.36. The molecule has 0 heterocycles. The predicted octanol–water partition coefficient (Wildman–Crippen LogP) is 3.28. The van der Waals surface area contributed by atoms with Gasteiger partial charge in [-0.05, 0) is 51.0 Å². The van der Waals surface area contributed by atoms with Crippen LogP contribution in [0.5, 0.6) is 0 Å². The van der Waals surface area contributed by atoms with Gasteiger partial charge < -0.3 is 15.8 Å². The molecule has 0 aromatic heterocycles. The highest BCUT2D eigenvalue weighted by molar-refractivity contribution is 9.10. The Morgan fingerprint density at radius 3 is 2.68 bits per heavy atom. The first-order chi connectivity index (χ1) is 8.69. The number of rotatable bonds is 3. The SMILES string of the molecule is Cc1ccc(Br)cc1C(N)CNC(=O)OC(C)(C)C. The van der Waals surface area contributed by atoms with Crippen molar-refractivity contribution in [1.29, 1.82) is 0 Å². The van der Waals surface area contributed by atoms with Gasteiger partial charge in [0.2, 0.25) is 0 Å². The fraction of sp³-hybridized carbons (Fsp3) is 0.500. The Hall–Kier alpha value is -1.07. The Morgan fingerprint density at radius 1 is 1.47 bits per heavy atom. The van der Waals surface area contributed by atoms with Crippen molar-refractivity contribution in [2.75, 3.05) is 6.54 Å². The van der Waals surface area contributed by atoms with Gasteiger partial charge in [0.25, 0.3) is 0 Å². The third kappa shape index (κ3) is 5.61. The predicted molar refractivity (Wildman–Crippen MR) is 80.0 cm³/mol. The Kier molecular flexibility index (Phi) is 5.38. The van der Waals surface area contributed by atoms with E-state index in [-0.39, 0.29) is 6.04 Å². The van der Waals surface area contributed by atoms with E-state index in [1.807, 2.05) is 45.9 Å². The van der Waals surface area contributed by atoms with Crippen LogP contribution in [0.15, 0.2) is 22.7 Å². The van der Waals surface area contributed by atoms with Crippen molar-refractivity contribution >= 4 is 22.0 Å². The molecule has 4 nitrogen and oxygen atoms in total. The summed E-state index contributed by atoms with van der Waals surface area (Å²) in [5.41, 5.74) is 7.69. The van der Waals surface area contributed by atoms with Gasteiger partial charge in [-0.15, -0.1) is 0 Å². The summed E-state index contributed by atoms with van der Waals surface area (Å²) in [5.74, 6) is 0. The zero-order chi connectivity index (χ0) is 14.6. The second kappa shape index (κ2) is 6.39. The number of halogens is 1. The maximum absolute atomic E-state index is 11.5. The van der Waals surface area contributed by atoms with Crippen molar-refractivity contribution in [3.63, 3.8) is 0 Å². The van der Waals surface area contributed by atoms with Crippen LogP contribution >= 0.6 is 15.9 Å². The highest BCUT2D eigenvalue weighted by Gasteiger charge is 2.17. The minimum absolute atomic E-state index is 0.259. The highest BCUT2D eigenvalue weighted by atomic mass is 79.9. The Labute approximate surface area is 122 Å². The summed E-state index contributed by atoms with van der Waals surface area (Å²) >= 11 is 3.42. The molecule has 0 aliphatic carbocycles. The molecule has 3 N–H and O–H groups in total. The first-order valence-corrected chi connectivity index (χ1v) is 6.97. The second-order valence-electron chi connectivity index (χ2n) is 5.49. The van der Waals surface area contributed by atoms with Crippen molar-refractivity contribution in [1.82, 2.24) is 5.32 Å². The molecule has 1 aromatic rings. The summed E-state index contributed by atoms with van der Waals surface area (Å²) in [4.78, 5) is 11.5. The fourth-order valence-corrected chi connectivity index (χ4v) is 2.01. The van der Waals surface area contributed by atoms with Crippen LogP contribution in [0.25, 0.3) is 0 Å². The van der Waals surface area contributed by atoms with Crippen molar-refractivity contribution in [3.05, 3.63) is 33.8 Å². The lowest BCUT2D eigenvalue weighted by Gasteiger charge is -2.21. The molecule has 0 spiro atoms. The van der Waals surface area contributed by atoms with Gasteiger partial charge in [0.05, 0.1) is 0 Å². The van der Waals surface area contributed by atoms with Crippen LogP contribution in [0.4, 0.5) is 4.79 Å². The molecule has 1 aromatic carbocycles. The van der Waals surface area contributed by atoms with Crippen LogP contribution in [0.1, 0.15) is 37.9 Å². The molecule has 1 atom stereocenters. The number of hydrogen-bond donors (Lipinski definition) is 2. The van der Waals surface area contributed by atoms with Crippen LogP contribution < -0.4 is 11.1 Å². The highest BCUT2D eigenvalue weighted by Crippen LogP contribution is 2.20. The van der Waals surface area contributed by atoms with Gasteiger partial charge in [-0.3, -0.25) is 0 Å². The number of aryl methyl sites for hydroxylation is 1. The summed E-state index contributed by atoms with van der Waals surface area (Å²) in [7, 11) is 0. The van der Waals surface area contributed by atoms with Crippen LogP contribution in [0.3, 0.4) is 0 Å². The lowest BCUT2D eigenvalue weighted by molar-refractivity contribution is 0.0524. The third-order valence-corrected chi connectivity index (χ3v) is 3.00. The molecule has 0 saturated carbocycles. The van der Waals surface area contributed by atoms with Gasteiger partial charge in [0.1, 0.15) is 5.60 Å². The number of carbonyl (C=O) groups excluding carboxylic acids is 1. The summed E-state index contributed by atoms with van der Waals surface area (Å²) in [5, 5.41) is 2.68. The molecule has 0 radical (unpaired) electrons. The lowest BCUT2D eigenvalue weighted by atomic mass is 10.0. The third-order valence-electron chi connectivity index (χ3n) is 2.51. The van der Waals surface area contributed by atoms with E-state index < -0.39 is 11.7 Å². The Bertz CT molecular complexity index is 455. The largest absolute Gasteiger partial charge is 0.444 e. The summed E-state index contributed by atoms with van der Waals surface area (Å²) in [6.45, 7) is 7.81. The molecular formula is C14H21BrN2O2. The first-order valence-electron chi connectivity index (χ1n) is 6.17. The van der Waals surface area contributed by atoms with Gasteiger partial charge in [-0.25, -0.2) is 4.79 Å². The molecule has 1 rings (SSSR count). The van der Waals surface area contributed by atoms with E-state index in [4.69, 9.17) is 10.5 Å². The fourth-order valence-electron chi connectivity index (χ4n) is 1.63. The van der Waals surface area contributed by atoms with Gasteiger partial charge in [0, 0.05) is 17.1 Å². The zero-order valence-corrected chi connectivity index (χ0v) is 13.4. The second-order valence-corrected chi connectivity index (χ2v) is 6.41. The zero-order valence-electron chi connectivity index (χ0n) is 11.8. The molecule has 0 fully saturated rings. The van der Waals surface area contributed by atoms with Crippen molar-refractivity contribution in [2.24, 2.45) is 5.73 Å². The first kappa shape index (κ1) is 16.0. The number of nitrogens with one attached hydrogen (secondary N) is 1. The minimum atomic E-state index is -0.500. The maximum atomic E-state index is 11.5. The normalized spacial score (nSPS) is 12.9. The molecule has 1 amide bonds. The van der Waals surface area contributed by atoms with Crippen LogP contribution in [-0.2, 0) is 4.74 Å². The number of hydrogen-bond acceptors (Lipinski definition) is 3. The van der Waals surface area contributed by atoms with E-state index in [0.717, 1.165) is 15.6 Å². The van der Waals surface area contributed by atoms with Crippen LogP contribution in [0.2, 0.25) is 0 Å². The van der Waals surface area contributed by atoms with Crippen LogP contribution in [-0.4, -0.2) is 18.2 Å². The number of carbonyl (C=O) groups is 1. The van der Waals surface area contributed by atoms with E-state index in [2.05, 4.69) is 21.2 Å². The van der Waals surface area contributed by atoms with Gasteiger partial charge in [-0.2, -0.15) is 0 Å². The number of nitrogens with two attached hydrogens (primary N) is 1. The number of alkyl carbamates (subject to hydrolysis) is 1. The summed E-state index contributed by atoms with van der Waals surface area (Å²) in [6, 6.07) is 5.67. The standard InChI is InChI=1S/C14H21BrN2O2/c1-9-5-6-10(15)7-11(9)12(16)8-17-13(18)19-14(2,3)4/h5-7,12H,8,16H2,1-4H3,(H,17,18). The molecule has 0 bridgehead atoms. The number of ether oxygens (including phenoxy) is 1. The maximum Gasteiger partial charge on any atom is 0.407 e. The quantitative estimate of drug-likeness (QED) is 0.894. The number of amides is 1. The van der Waals surface area contributed by atoms with Gasteiger partial charge in [0.15, 0.2) is 0 Å². The van der Waals surface area contributed by atoms with E-state index >= 15 is 0 Å². The van der Waals surface area contributed by atoms with E-state index in [1.165, 1.54) is 0 Å². The monoisotopic (exact) mass is 328 g/mol. The molecule has 1 unspecified atom stereocenters. The van der Waals surface area contributed by atoms with E-state index in [0.29, 0.717) is 6.54 Å². The molecular weight excluding hydrogens is 308 g/mol. The topological polar surface area (TPSA) is 64.3 Å². The molecule has 0 saturated heterocycles. The molecule has 5 heteroatoms. The average molecular weight is 329 g/mol. The molecule has 0 aliphatic rings. The van der Waals surface area contributed by atoms with Gasteiger partial charge >= 0.3 is 6.09 Å². The molecule has 0 aliphatic heterocycles.